The maximum absolute atomic E-state index is 13.8. The number of benzene rings is 2. The van der Waals surface area contributed by atoms with Gasteiger partial charge in [0.2, 0.25) is 0 Å². The van der Waals surface area contributed by atoms with Crippen LogP contribution >= 0.6 is 0 Å². The summed E-state index contributed by atoms with van der Waals surface area (Å²) in [5.74, 6) is 0.762. The molecule has 0 fully saturated rings. The molecule has 0 aliphatic carbocycles. The first kappa shape index (κ1) is 14.7. The average molecular weight is 301 g/mol. The van der Waals surface area contributed by atoms with E-state index >= 15 is 0 Å². The van der Waals surface area contributed by atoms with Gasteiger partial charge in [-0.15, -0.1) is 0 Å². The Bertz CT molecular complexity index is 672. The molecular formula is C18H20FNO2. The van der Waals surface area contributed by atoms with E-state index in [0.717, 1.165) is 11.4 Å². The van der Waals surface area contributed by atoms with Crippen LogP contribution in [0, 0.1) is 5.82 Å². The molecule has 1 aliphatic heterocycles. The molecule has 0 bridgehead atoms. The van der Waals surface area contributed by atoms with Gasteiger partial charge >= 0.3 is 0 Å². The first-order valence-electron chi connectivity index (χ1n) is 7.54. The summed E-state index contributed by atoms with van der Waals surface area (Å²) < 4.78 is 19.9. The average Bonchev–Trinajstić information content (AvgIpc) is 2.49. The van der Waals surface area contributed by atoms with Crippen molar-refractivity contribution in [2.75, 3.05) is 11.4 Å². The van der Waals surface area contributed by atoms with Crippen LogP contribution in [-0.2, 0) is 6.42 Å². The van der Waals surface area contributed by atoms with Crippen LogP contribution in [-0.4, -0.2) is 23.8 Å². The number of hydrogen-bond acceptors (Lipinski definition) is 3. The fourth-order valence-corrected chi connectivity index (χ4v) is 2.87. The van der Waals surface area contributed by atoms with Gasteiger partial charge in [0.05, 0.1) is 12.2 Å². The van der Waals surface area contributed by atoms with Crippen LogP contribution in [0.1, 0.15) is 19.4 Å². The normalized spacial score (nSPS) is 17.3. The lowest BCUT2D eigenvalue weighted by molar-refractivity contribution is 0.189. The number of halogens is 1. The largest absolute Gasteiger partial charge is 0.508 e. The van der Waals surface area contributed by atoms with E-state index < -0.39 is 0 Å². The number of hydrogen-bond donors (Lipinski definition) is 1. The number of rotatable bonds is 3. The zero-order valence-corrected chi connectivity index (χ0v) is 12.8. The van der Waals surface area contributed by atoms with Crippen LogP contribution in [0.25, 0.3) is 0 Å². The van der Waals surface area contributed by atoms with Crippen LogP contribution in [0.15, 0.2) is 42.5 Å². The Morgan fingerprint density at radius 1 is 1.27 bits per heavy atom. The number of nitrogens with zero attached hydrogens (tertiary/aromatic N) is 1. The molecule has 1 unspecified atom stereocenters. The van der Waals surface area contributed by atoms with Crippen molar-refractivity contribution in [1.82, 2.24) is 0 Å². The molecule has 0 saturated heterocycles. The van der Waals surface area contributed by atoms with Gasteiger partial charge < -0.3 is 14.7 Å². The van der Waals surface area contributed by atoms with E-state index in [0.29, 0.717) is 18.5 Å². The summed E-state index contributed by atoms with van der Waals surface area (Å²) in [6.45, 7) is 4.86. The fourth-order valence-electron chi connectivity index (χ4n) is 2.87. The monoisotopic (exact) mass is 301 g/mol. The smallest absolute Gasteiger partial charge is 0.143 e. The molecule has 22 heavy (non-hydrogen) atoms. The zero-order chi connectivity index (χ0) is 15.7. The molecular weight excluding hydrogens is 281 g/mol. The van der Waals surface area contributed by atoms with Crippen molar-refractivity contribution < 1.29 is 14.2 Å². The minimum Gasteiger partial charge on any atom is -0.508 e. The van der Waals surface area contributed by atoms with Gasteiger partial charge in [0, 0.05) is 18.5 Å². The summed E-state index contributed by atoms with van der Waals surface area (Å²) in [6, 6.07) is 12.2. The predicted octanol–water partition coefficient (Wildman–Crippen LogP) is 3.75. The Kier molecular flexibility index (Phi) is 3.92. The molecule has 0 radical (unpaired) electrons. The highest BCUT2D eigenvalue weighted by molar-refractivity contribution is 5.63. The summed E-state index contributed by atoms with van der Waals surface area (Å²) in [6.07, 6.45) is 0.410. The lowest BCUT2D eigenvalue weighted by Gasteiger charge is -2.39. The van der Waals surface area contributed by atoms with Crippen molar-refractivity contribution in [3.8, 4) is 11.5 Å². The fraction of sp³-hybridized carbons (Fsp3) is 0.333. The van der Waals surface area contributed by atoms with Crippen molar-refractivity contribution in [3.05, 3.63) is 53.8 Å². The Balaban J connectivity index is 1.87. The predicted molar refractivity (Wildman–Crippen MR) is 85.1 cm³/mol. The van der Waals surface area contributed by atoms with Crippen LogP contribution in [0.4, 0.5) is 10.1 Å². The number of anilines is 1. The van der Waals surface area contributed by atoms with Gasteiger partial charge in [-0.05, 0) is 37.6 Å². The van der Waals surface area contributed by atoms with E-state index in [9.17, 15) is 9.50 Å². The molecule has 0 saturated carbocycles. The van der Waals surface area contributed by atoms with Gasteiger partial charge in [0.1, 0.15) is 23.4 Å². The topological polar surface area (TPSA) is 32.7 Å². The lowest BCUT2D eigenvalue weighted by Crippen LogP contribution is -2.44. The molecule has 1 aliphatic rings. The minimum atomic E-state index is -0.196. The second-order valence-corrected chi connectivity index (χ2v) is 5.93. The molecule has 0 amide bonds. The first-order chi connectivity index (χ1) is 10.5. The summed E-state index contributed by atoms with van der Waals surface area (Å²) >= 11 is 0. The second kappa shape index (κ2) is 5.87. The molecule has 0 aromatic heterocycles. The highest BCUT2D eigenvalue weighted by Gasteiger charge is 2.28. The van der Waals surface area contributed by atoms with Crippen LogP contribution in [0.5, 0.6) is 11.5 Å². The quantitative estimate of drug-likeness (QED) is 0.937. The van der Waals surface area contributed by atoms with Crippen LogP contribution < -0.4 is 9.64 Å². The minimum absolute atomic E-state index is 0.114. The molecule has 2 aromatic carbocycles. The maximum Gasteiger partial charge on any atom is 0.143 e. The first-order valence-corrected chi connectivity index (χ1v) is 7.54. The summed E-state index contributed by atoms with van der Waals surface area (Å²) in [7, 11) is 0. The van der Waals surface area contributed by atoms with Crippen molar-refractivity contribution in [2.24, 2.45) is 0 Å². The molecule has 2 aromatic rings. The third kappa shape index (κ3) is 2.86. The molecule has 0 spiro atoms. The number of aromatic hydroxyl groups is 1. The van der Waals surface area contributed by atoms with Gasteiger partial charge in [-0.1, -0.05) is 18.2 Å². The molecule has 1 N–H and O–H groups in total. The van der Waals surface area contributed by atoms with E-state index in [1.54, 1.807) is 30.3 Å². The third-order valence-corrected chi connectivity index (χ3v) is 3.97. The van der Waals surface area contributed by atoms with E-state index in [1.165, 1.54) is 6.07 Å². The van der Waals surface area contributed by atoms with Gasteiger partial charge in [0.15, 0.2) is 0 Å². The van der Waals surface area contributed by atoms with Gasteiger partial charge in [-0.2, -0.15) is 0 Å². The second-order valence-electron chi connectivity index (χ2n) is 5.93. The molecule has 4 heteroatoms. The molecule has 3 rings (SSSR count). The zero-order valence-electron chi connectivity index (χ0n) is 12.8. The van der Waals surface area contributed by atoms with E-state index in [4.69, 9.17) is 4.74 Å². The maximum atomic E-state index is 13.8. The van der Waals surface area contributed by atoms with E-state index in [2.05, 4.69) is 18.7 Å². The van der Waals surface area contributed by atoms with E-state index in [-0.39, 0.29) is 23.7 Å². The highest BCUT2D eigenvalue weighted by atomic mass is 19.1. The SMILES string of the molecule is CC(C)N1CC(Cc2ccccc2F)Oc2ccc(O)cc21. The van der Waals surface area contributed by atoms with Gasteiger partial charge in [0.25, 0.3) is 0 Å². The Morgan fingerprint density at radius 2 is 2.05 bits per heavy atom. The standard InChI is InChI=1S/C18H20FNO2/c1-12(2)20-11-15(9-13-5-3-4-6-16(13)19)22-18-8-7-14(21)10-17(18)20/h3-8,10,12,15,21H,9,11H2,1-2H3. The van der Waals surface area contributed by atoms with E-state index in [1.807, 2.05) is 6.07 Å². The number of fused-ring (bicyclic) bond motifs is 1. The Hall–Kier alpha value is -2.23. The van der Waals surface area contributed by atoms with Crippen molar-refractivity contribution in [2.45, 2.75) is 32.4 Å². The summed E-state index contributed by atoms with van der Waals surface area (Å²) in [5.41, 5.74) is 1.55. The Labute approximate surface area is 130 Å². The van der Waals surface area contributed by atoms with Crippen molar-refractivity contribution in [3.63, 3.8) is 0 Å². The number of phenolic OH excluding ortho intramolecular Hbond substituents is 1. The third-order valence-electron chi connectivity index (χ3n) is 3.97. The molecule has 1 atom stereocenters. The van der Waals surface area contributed by atoms with Crippen molar-refractivity contribution >= 4 is 5.69 Å². The van der Waals surface area contributed by atoms with Crippen LogP contribution in [0.3, 0.4) is 0 Å². The molecule has 3 nitrogen and oxygen atoms in total. The van der Waals surface area contributed by atoms with Crippen molar-refractivity contribution in [1.29, 1.82) is 0 Å². The Morgan fingerprint density at radius 3 is 2.77 bits per heavy atom. The van der Waals surface area contributed by atoms with Crippen LogP contribution in [0.2, 0.25) is 0 Å². The summed E-state index contributed by atoms with van der Waals surface area (Å²) in [4.78, 5) is 2.18. The van der Waals surface area contributed by atoms with Gasteiger partial charge in [-0.25, -0.2) is 4.39 Å². The lowest BCUT2D eigenvalue weighted by atomic mass is 10.0. The highest BCUT2D eigenvalue weighted by Crippen LogP contribution is 2.37. The molecule has 116 valence electrons. The number of ether oxygens (including phenoxy) is 1. The summed E-state index contributed by atoms with van der Waals surface area (Å²) in [5, 5.41) is 9.69. The molecule has 1 heterocycles. The van der Waals surface area contributed by atoms with Gasteiger partial charge in [-0.3, -0.25) is 0 Å². The number of phenols is 1.